The van der Waals surface area contributed by atoms with Gasteiger partial charge in [-0.2, -0.15) is 0 Å². The fourth-order valence-corrected chi connectivity index (χ4v) is 2.29. The Morgan fingerprint density at radius 2 is 1.68 bits per heavy atom. The number of carbonyl (C=O) groups excluding carboxylic acids is 1. The fourth-order valence-electron chi connectivity index (χ4n) is 2.29. The Labute approximate surface area is 129 Å². The molecule has 22 heavy (non-hydrogen) atoms. The molecule has 2 aromatic rings. The van der Waals surface area contributed by atoms with Crippen molar-refractivity contribution >= 4 is 11.9 Å². The second-order valence-corrected chi connectivity index (χ2v) is 4.96. The molecule has 0 aliphatic carbocycles. The topological polar surface area (TPSA) is 66.8 Å². The van der Waals surface area contributed by atoms with E-state index >= 15 is 0 Å². The van der Waals surface area contributed by atoms with Gasteiger partial charge in [0.1, 0.15) is 22.8 Å². The SMILES string of the molecule is COc1c(C)c(O)c(C)c(O)c1C(=O)/C=C/c1ccccc1. The molecule has 0 saturated carbocycles. The highest BCUT2D eigenvalue weighted by atomic mass is 16.5. The molecule has 2 aromatic carbocycles. The quantitative estimate of drug-likeness (QED) is 0.668. The number of rotatable bonds is 4. The second kappa shape index (κ2) is 6.35. The second-order valence-electron chi connectivity index (χ2n) is 4.96. The van der Waals surface area contributed by atoms with E-state index in [4.69, 9.17) is 4.74 Å². The van der Waals surface area contributed by atoms with Crippen molar-refractivity contribution in [3.8, 4) is 17.2 Å². The first-order chi connectivity index (χ1) is 10.5. The number of phenols is 2. The molecular weight excluding hydrogens is 280 g/mol. The van der Waals surface area contributed by atoms with E-state index in [1.54, 1.807) is 19.9 Å². The number of ether oxygens (including phenoxy) is 1. The zero-order valence-corrected chi connectivity index (χ0v) is 12.8. The van der Waals surface area contributed by atoms with Crippen molar-refractivity contribution in [1.82, 2.24) is 0 Å². The summed E-state index contributed by atoms with van der Waals surface area (Å²) in [6.45, 7) is 3.19. The molecule has 0 radical (unpaired) electrons. The normalized spacial score (nSPS) is 10.9. The van der Waals surface area contributed by atoms with Crippen molar-refractivity contribution in [3.05, 3.63) is 58.7 Å². The van der Waals surface area contributed by atoms with Gasteiger partial charge in [-0.25, -0.2) is 0 Å². The van der Waals surface area contributed by atoms with Gasteiger partial charge in [0.15, 0.2) is 5.78 Å². The minimum Gasteiger partial charge on any atom is -0.507 e. The third kappa shape index (κ3) is 2.81. The van der Waals surface area contributed by atoms with E-state index in [2.05, 4.69) is 0 Å². The van der Waals surface area contributed by atoms with Crippen LogP contribution >= 0.6 is 0 Å². The molecule has 4 heteroatoms. The Morgan fingerprint density at radius 3 is 2.27 bits per heavy atom. The number of carbonyl (C=O) groups is 1. The summed E-state index contributed by atoms with van der Waals surface area (Å²) < 4.78 is 5.19. The lowest BCUT2D eigenvalue weighted by Gasteiger charge is -2.15. The number of aromatic hydroxyl groups is 2. The first kappa shape index (κ1) is 15.6. The van der Waals surface area contributed by atoms with E-state index in [1.165, 1.54) is 13.2 Å². The van der Waals surface area contributed by atoms with Crippen molar-refractivity contribution in [2.24, 2.45) is 0 Å². The highest BCUT2D eigenvalue weighted by Crippen LogP contribution is 2.41. The molecule has 0 aliphatic rings. The van der Waals surface area contributed by atoms with Crippen LogP contribution < -0.4 is 4.74 Å². The Bertz CT molecular complexity index is 731. The maximum Gasteiger partial charge on any atom is 0.193 e. The van der Waals surface area contributed by atoms with Gasteiger partial charge in [0.2, 0.25) is 0 Å². The Kier molecular flexibility index (Phi) is 4.51. The van der Waals surface area contributed by atoms with Crippen molar-refractivity contribution in [3.63, 3.8) is 0 Å². The summed E-state index contributed by atoms with van der Waals surface area (Å²) in [6, 6.07) is 9.37. The van der Waals surface area contributed by atoms with Gasteiger partial charge >= 0.3 is 0 Å². The standard InChI is InChI=1S/C18H18O4/c1-11-16(20)12(2)18(22-3)15(17(11)21)14(19)10-9-13-7-5-4-6-8-13/h4-10,20-21H,1-3H3/b10-9+. The first-order valence-corrected chi connectivity index (χ1v) is 6.84. The number of benzene rings is 2. The minimum atomic E-state index is -0.385. The van der Waals surface area contributed by atoms with Gasteiger partial charge in [-0.1, -0.05) is 36.4 Å². The molecule has 0 atom stereocenters. The third-order valence-electron chi connectivity index (χ3n) is 3.55. The van der Waals surface area contributed by atoms with E-state index < -0.39 is 0 Å². The van der Waals surface area contributed by atoms with Gasteiger partial charge in [0, 0.05) is 11.1 Å². The Morgan fingerprint density at radius 1 is 1.05 bits per heavy atom. The van der Waals surface area contributed by atoms with Gasteiger partial charge in [0.25, 0.3) is 0 Å². The average molecular weight is 298 g/mol. The van der Waals surface area contributed by atoms with Crippen molar-refractivity contribution < 1.29 is 19.7 Å². The maximum absolute atomic E-state index is 12.4. The van der Waals surface area contributed by atoms with Crippen LogP contribution in [0.5, 0.6) is 17.2 Å². The molecule has 0 unspecified atom stereocenters. The van der Waals surface area contributed by atoms with Crippen LogP contribution in [0, 0.1) is 13.8 Å². The molecule has 114 valence electrons. The highest BCUT2D eigenvalue weighted by Gasteiger charge is 2.23. The summed E-state index contributed by atoms with van der Waals surface area (Å²) in [5.74, 6) is -0.534. The molecule has 0 fully saturated rings. The predicted molar refractivity (Wildman–Crippen MR) is 85.6 cm³/mol. The van der Waals surface area contributed by atoms with Gasteiger partial charge < -0.3 is 14.9 Å². The number of methoxy groups -OCH3 is 1. The molecule has 0 aliphatic heterocycles. The number of allylic oxidation sites excluding steroid dienone is 1. The van der Waals surface area contributed by atoms with Gasteiger partial charge in [-0.3, -0.25) is 4.79 Å². The van der Waals surface area contributed by atoms with Crippen LogP contribution in [-0.4, -0.2) is 23.1 Å². The van der Waals surface area contributed by atoms with E-state index in [-0.39, 0.29) is 34.2 Å². The Balaban J connectivity index is 2.48. The summed E-state index contributed by atoms with van der Waals surface area (Å²) in [6.07, 6.45) is 3.04. The van der Waals surface area contributed by atoms with Gasteiger partial charge in [-0.15, -0.1) is 0 Å². The number of phenolic OH excluding ortho intramolecular Hbond substituents is 2. The van der Waals surface area contributed by atoms with Crippen molar-refractivity contribution in [1.29, 1.82) is 0 Å². The van der Waals surface area contributed by atoms with Gasteiger partial charge in [-0.05, 0) is 25.5 Å². The monoisotopic (exact) mass is 298 g/mol. The van der Waals surface area contributed by atoms with E-state index in [9.17, 15) is 15.0 Å². The van der Waals surface area contributed by atoms with Crippen LogP contribution in [0.3, 0.4) is 0 Å². The van der Waals surface area contributed by atoms with Crippen LogP contribution in [-0.2, 0) is 0 Å². The van der Waals surface area contributed by atoms with Crippen molar-refractivity contribution in [2.45, 2.75) is 13.8 Å². The zero-order valence-electron chi connectivity index (χ0n) is 12.8. The van der Waals surface area contributed by atoms with Gasteiger partial charge in [0.05, 0.1) is 7.11 Å². The Hall–Kier alpha value is -2.75. The lowest BCUT2D eigenvalue weighted by Crippen LogP contribution is -2.03. The summed E-state index contributed by atoms with van der Waals surface area (Å²) >= 11 is 0. The van der Waals surface area contributed by atoms with Crippen LogP contribution in [0.2, 0.25) is 0 Å². The zero-order chi connectivity index (χ0) is 16.3. The number of ketones is 1. The van der Waals surface area contributed by atoms with Crippen LogP contribution in [0.15, 0.2) is 36.4 Å². The lowest BCUT2D eigenvalue weighted by molar-refractivity contribution is 0.104. The molecular formula is C18H18O4. The summed E-state index contributed by atoms with van der Waals surface area (Å²) in [4.78, 5) is 12.4. The first-order valence-electron chi connectivity index (χ1n) is 6.84. The van der Waals surface area contributed by atoms with Crippen LogP contribution in [0.1, 0.15) is 27.0 Å². The fraction of sp³-hybridized carbons (Fsp3) is 0.167. The maximum atomic E-state index is 12.4. The van der Waals surface area contributed by atoms with E-state index in [1.807, 2.05) is 30.3 Å². The molecule has 0 bridgehead atoms. The lowest BCUT2D eigenvalue weighted by atomic mass is 9.98. The minimum absolute atomic E-state index is 0.0579. The van der Waals surface area contributed by atoms with Crippen LogP contribution in [0.25, 0.3) is 6.08 Å². The molecule has 0 aromatic heterocycles. The smallest absolute Gasteiger partial charge is 0.193 e. The summed E-state index contributed by atoms with van der Waals surface area (Å²) in [5, 5.41) is 20.1. The molecule has 0 saturated heterocycles. The molecule has 4 nitrogen and oxygen atoms in total. The molecule has 2 N–H and O–H groups in total. The highest BCUT2D eigenvalue weighted by molar-refractivity contribution is 6.11. The summed E-state index contributed by atoms with van der Waals surface area (Å²) in [7, 11) is 1.40. The van der Waals surface area contributed by atoms with Crippen molar-refractivity contribution in [2.75, 3.05) is 7.11 Å². The number of hydrogen-bond donors (Lipinski definition) is 2. The molecule has 0 heterocycles. The summed E-state index contributed by atoms with van der Waals surface area (Å²) in [5.41, 5.74) is 1.62. The third-order valence-corrected chi connectivity index (χ3v) is 3.55. The molecule has 0 spiro atoms. The van der Waals surface area contributed by atoms with Crippen LogP contribution in [0.4, 0.5) is 0 Å². The molecule has 0 amide bonds. The number of hydrogen-bond acceptors (Lipinski definition) is 4. The average Bonchev–Trinajstić information content (AvgIpc) is 2.54. The predicted octanol–water partition coefficient (Wildman–Crippen LogP) is 3.62. The van der Waals surface area contributed by atoms with E-state index in [0.29, 0.717) is 5.56 Å². The van der Waals surface area contributed by atoms with E-state index in [0.717, 1.165) is 5.56 Å². The molecule has 2 rings (SSSR count). The largest absolute Gasteiger partial charge is 0.507 e.